The Bertz CT molecular complexity index is 681. The molecule has 4 rings (SSSR count). The molecule has 20 heavy (non-hydrogen) atoms. The number of anilines is 1. The van der Waals surface area contributed by atoms with Crippen LogP contribution in [0.2, 0.25) is 0 Å². The molecule has 103 valence electrons. The van der Waals surface area contributed by atoms with E-state index in [1.54, 1.807) is 0 Å². The molecule has 1 aromatic heterocycles. The number of aromatic nitrogens is 1. The summed E-state index contributed by atoms with van der Waals surface area (Å²) in [7, 11) is 0. The Morgan fingerprint density at radius 3 is 3.10 bits per heavy atom. The number of hydrogen-bond acceptors (Lipinski definition) is 5. The van der Waals surface area contributed by atoms with Gasteiger partial charge in [-0.15, -0.1) is 0 Å². The van der Waals surface area contributed by atoms with Crippen molar-refractivity contribution in [2.75, 3.05) is 18.0 Å². The van der Waals surface area contributed by atoms with Gasteiger partial charge in [-0.1, -0.05) is 6.92 Å². The molecule has 2 aromatic rings. The SMILES string of the molecule is CCc1cc(N2C[C@@H]3C[C@H]2CN3)cc2snc([C]=O)c12. The summed E-state index contributed by atoms with van der Waals surface area (Å²) in [6.45, 7) is 4.30. The van der Waals surface area contributed by atoms with Gasteiger partial charge >= 0.3 is 0 Å². The van der Waals surface area contributed by atoms with Crippen LogP contribution in [0.4, 0.5) is 5.69 Å². The van der Waals surface area contributed by atoms with Gasteiger partial charge in [-0.2, -0.15) is 4.37 Å². The molecule has 1 radical (unpaired) electrons. The fourth-order valence-electron chi connectivity index (χ4n) is 3.53. The fraction of sp³-hybridized carbons (Fsp3) is 0.467. The summed E-state index contributed by atoms with van der Waals surface area (Å²) in [5, 5.41) is 4.53. The third-order valence-corrected chi connectivity index (χ3v) is 5.30. The van der Waals surface area contributed by atoms with Gasteiger partial charge in [-0.05, 0) is 42.1 Å². The van der Waals surface area contributed by atoms with Gasteiger partial charge in [-0.25, -0.2) is 0 Å². The summed E-state index contributed by atoms with van der Waals surface area (Å²) in [4.78, 5) is 13.5. The molecule has 0 aliphatic carbocycles. The van der Waals surface area contributed by atoms with E-state index in [4.69, 9.17) is 0 Å². The molecule has 2 atom stereocenters. The van der Waals surface area contributed by atoms with Crippen LogP contribution in [0.3, 0.4) is 0 Å². The second kappa shape index (κ2) is 4.53. The van der Waals surface area contributed by atoms with Crippen LogP contribution < -0.4 is 10.2 Å². The zero-order chi connectivity index (χ0) is 13.7. The van der Waals surface area contributed by atoms with Crippen LogP contribution in [-0.2, 0) is 11.2 Å². The molecule has 2 aliphatic heterocycles. The van der Waals surface area contributed by atoms with Crippen molar-refractivity contribution in [1.29, 1.82) is 0 Å². The van der Waals surface area contributed by atoms with Gasteiger partial charge in [0.2, 0.25) is 0 Å². The van der Waals surface area contributed by atoms with E-state index < -0.39 is 0 Å². The van der Waals surface area contributed by atoms with E-state index in [1.807, 2.05) is 6.29 Å². The normalized spacial score (nSPS) is 24.8. The molecule has 5 heteroatoms. The van der Waals surface area contributed by atoms with Crippen LogP contribution in [0.15, 0.2) is 12.1 Å². The first-order valence-corrected chi connectivity index (χ1v) is 7.88. The number of benzene rings is 1. The molecule has 4 nitrogen and oxygen atoms in total. The average Bonchev–Trinajstić information content (AvgIpc) is 3.20. The Kier molecular flexibility index (Phi) is 2.79. The highest BCUT2D eigenvalue weighted by atomic mass is 32.1. The number of piperazine rings is 1. The quantitative estimate of drug-likeness (QED) is 0.935. The van der Waals surface area contributed by atoms with Crippen molar-refractivity contribution in [3.8, 4) is 0 Å². The van der Waals surface area contributed by atoms with Crippen molar-refractivity contribution in [3.05, 3.63) is 23.4 Å². The topological polar surface area (TPSA) is 45.2 Å². The lowest BCUT2D eigenvalue weighted by molar-refractivity contribution is 0.562. The first kappa shape index (κ1) is 12.3. The number of fused-ring (bicyclic) bond motifs is 3. The van der Waals surface area contributed by atoms with Gasteiger partial charge in [0.25, 0.3) is 6.29 Å². The van der Waals surface area contributed by atoms with Gasteiger partial charge < -0.3 is 10.2 Å². The lowest BCUT2D eigenvalue weighted by Crippen LogP contribution is -2.43. The lowest BCUT2D eigenvalue weighted by atomic mass is 10.0. The lowest BCUT2D eigenvalue weighted by Gasteiger charge is -2.30. The highest BCUT2D eigenvalue weighted by Gasteiger charge is 2.37. The Morgan fingerprint density at radius 1 is 1.55 bits per heavy atom. The zero-order valence-electron chi connectivity index (χ0n) is 11.3. The molecule has 3 heterocycles. The maximum Gasteiger partial charge on any atom is 0.255 e. The molecule has 0 saturated carbocycles. The number of aryl methyl sites for hydroxylation is 1. The Labute approximate surface area is 121 Å². The summed E-state index contributed by atoms with van der Waals surface area (Å²) < 4.78 is 5.33. The standard InChI is InChI=1S/C15H16N3OS/c1-2-9-3-11(18-7-10-4-12(18)6-16-10)5-14-15(9)13(8-19)17-20-14/h3,5,10,12,16H,2,4,6-7H2,1H3/t10-,12-/m0/s1. The van der Waals surface area contributed by atoms with Crippen LogP contribution >= 0.6 is 11.5 Å². The van der Waals surface area contributed by atoms with E-state index in [2.05, 4.69) is 33.6 Å². The van der Waals surface area contributed by atoms with Crippen LogP contribution in [0.1, 0.15) is 24.6 Å². The van der Waals surface area contributed by atoms with E-state index in [-0.39, 0.29) is 0 Å². The molecule has 0 unspecified atom stereocenters. The molecular formula is C15H16N3OS. The van der Waals surface area contributed by atoms with E-state index in [0.29, 0.717) is 17.8 Å². The number of rotatable bonds is 3. The minimum absolute atomic E-state index is 0.470. The molecule has 0 spiro atoms. The predicted octanol–water partition coefficient (Wildman–Crippen LogP) is 1.87. The highest BCUT2D eigenvalue weighted by molar-refractivity contribution is 7.13. The van der Waals surface area contributed by atoms with E-state index in [0.717, 1.165) is 29.6 Å². The third-order valence-electron chi connectivity index (χ3n) is 4.51. The van der Waals surface area contributed by atoms with Crippen LogP contribution in [0.5, 0.6) is 0 Å². The zero-order valence-corrected chi connectivity index (χ0v) is 12.2. The molecule has 2 aliphatic rings. The van der Waals surface area contributed by atoms with Gasteiger partial charge in [0, 0.05) is 36.2 Å². The number of nitrogens with one attached hydrogen (secondary N) is 1. The first-order chi connectivity index (χ1) is 9.80. The minimum Gasteiger partial charge on any atom is -0.366 e. The van der Waals surface area contributed by atoms with Gasteiger partial charge in [0.1, 0.15) is 5.69 Å². The smallest absolute Gasteiger partial charge is 0.255 e. The van der Waals surface area contributed by atoms with E-state index in [1.165, 1.54) is 29.2 Å². The van der Waals surface area contributed by atoms with E-state index >= 15 is 0 Å². The average molecular weight is 286 g/mol. The Morgan fingerprint density at radius 2 is 2.45 bits per heavy atom. The predicted molar refractivity (Wildman–Crippen MR) is 81.3 cm³/mol. The highest BCUT2D eigenvalue weighted by Crippen LogP contribution is 2.35. The van der Waals surface area contributed by atoms with Crippen molar-refractivity contribution >= 4 is 33.6 Å². The summed E-state index contributed by atoms with van der Waals surface area (Å²) in [5.74, 6) is 0. The Balaban J connectivity index is 1.83. The first-order valence-electron chi connectivity index (χ1n) is 7.10. The molecular weight excluding hydrogens is 270 g/mol. The fourth-order valence-corrected chi connectivity index (χ4v) is 4.34. The van der Waals surface area contributed by atoms with Crippen molar-refractivity contribution < 1.29 is 4.79 Å². The third kappa shape index (κ3) is 1.70. The molecule has 2 bridgehead atoms. The second-order valence-electron chi connectivity index (χ2n) is 5.61. The monoisotopic (exact) mass is 286 g/mol. The molecule has 2 saturated heterocycles. The van der Waals surface area contributed by atoms with Gasteiger partial charge in [0.15, 0.2) is 0 Å². The van der Waals surface area contributed by atoms with Crippen molar-refractivity contribution in [2.24, 2.45) is 0 Å². The van der Waals surface area contributed by atoms with Gasteiger partial charge in [-0.3, -0.25) is 4.79 Å². The minimum atomic E-state index is 0.470. The van der Waals surface area contributed by atoms with Gasteiger partial charge in [0.05, 0.1) is 4.70 Å². The summed E-state index contributed by atoms with van der Waals surface area (Å²) >= 11 is 1.41. The maximum atomic E-state index is 11.0. The van der Waals surface area contributed by atoms with Crippen LogP contribution in [-0.4, -0.2) is 35.8 Å². The summed E-state index contributed by atoms with van der Waals surface area (Å²) in [6, 6.07) is 5.68. The van der Waals surface area contributed by atoms with Crippen molar-refractivity contribution in [1.82, 2.24) is 9.69 Å². The number of nitrogens with zero attached hydrogens (tertiary/aromatic N) is 2. The summed E-state index contributed by atoms with van der Waals surface area (Å²) in [5.41, 5.74) is 2.96. The van der Waals surface area contributed by atoms with Crippen molar-refractivity contribution in [2.45, 2.75) is 31.8 Å². The number of carbonyl (C=O) groups excluding carboxylic acids is 1. The second-order valence-corrected chi connectivity index (χ2v) is 6.42. The maximum absolute atomic E-state index is 11.0. The van der Waals surface area contributed by atoms with Crippen LogP contribution in [0.25, 0.3) is 10.1 Å². The molecule has 0 amide bonds. The molecule has 1 N–H and O–H groups in total. The molecule has 1 aromatic carbocycles. The summed E-state index contributed by atoms with van der Waals surface area (Å²) in [6.07, 6.45) is 4.13. The van der Waals surface area contributed by atoms with Crippen LogP contribution in [0, 0.1) is 0 Å². The van der Waals surface area contributed by atoms with Crippen molar-refractivity contribution in [3.63, 3.8) is 0 Å². The Hall–Kier alpha value is -1.46. The number of hydrogen-bond donors (Lipinski definition) is 1. The van der Waals surface area contributed by atoms with E-state index in [9.17, 15) is 4.79 Å². The largest absolute Gasteiger partial charge is 0.366 e. The molecule has 2 fully saturated rings.